The zero-order valence-corrected chi connectivity index (χ0v) is 17.9. The standard InChI is InChI=1S/C18H17ClF2N6O4S/c19-14-4-2-1-3-12(14)13(9-28)17(29)25-5-11-6-27(23-15(11)7-25)32(30,31)18-22-10-26(24-18)8-16(20)21/h1-4,6,10,13,16,28H,5,7-9H2/t13-/m1/s1. The molecule has 1 aromatic carbocycles. The van der Waals surface area contributed by atoms with Crippen LogP contribution in [0.4, 0.5) is 8.78 Å². The minimum atomic E-state index is -4.28. The Bertz CT molecular complexity index is 1240. The van der Waals surface area contributed by atoms with Gasteiger partial charge in [0.15, 0.2) is 0 Å². The molecule has 3 heterocycles. The number of benzene rings is 1. The number of hydrogen-bond donors (Lipinski definition) is 1. The van der Waals surface area contributed by atoms with Crippen molar-refractivity contribution in [3.8, 4) is 0 Å². The lowest BCUT2D eigenvalue weighted by molar-refractivity contribution is -0.134. The third kappa shape index (κ3) is 4.10. The normalized spacial score (nSPS) is 14.7. The highest BCUT2D eigenvalue weighted by molar-refractivity contribution is 7.89. The van der Waals surface area contributed by atoms with Crippen LogP contribution in [-0.2, 0) is 34.5 Å². The van der Waals surface area contributed by atoms with E-state index in [0.717, 1.165) is 11.0 Å². The molecule has 3 aromatic rings. The maximum atomic E-state index is 13.0. The van der Waals surface area contributed by atoms with Crippen LogP contribution < -0.4 is 0 Å². The minimum Gasteiger partial charge on any atom is -0.395 e. The van der Waals surface area contributed by atoms with Gasteiger partial charge in [-0.05, 0) is 11.6 Å². The van der Waals surface area contributed by atoms with Crippen molar-refractivity contribution in [1.82, 2.24) is 28.9 Å². The molecule has 14 heteroatoms. The number of aliphatic hydroxyl groups is 1. The Hall–Kier alpha value is -2.90. The summed E-state index contributed by atoms with van der Waals surface area (Å²) >= 11 is 6.16. The Morgan fingerprint density at radius 3 is 2.62 bits per heavy atom. The van der Waals surface area contributed by atoms with Gasteiger partial charge in [-0.25, -0.2) is 18.4 Å². The minimum absolute atomic E-state index is 0.0326. The number of carbonyl (C=O) groups is 1. The topological polar surface area (TPSA) is 123 Å². The smallest absolute Gasteiger partial charge is 0.320 e. The molecule has 2 aromatic heterocycles. The first-order valence-corrected chi connectivity index (χ1v) is 11.2. The van der Waals surface area contributed by atoms with Crippen LogP contribution in [0.1, 0.15) is 22.7 Å². The molecule has 0 aliphatic carbocycles. The second-order valence-electron chi connectivity index (χ2n) is 7.07. The summed E-state index contributed by atoms with van der Waals surface area (Å²) in [6, 6.07) is 6.70. The van der Waals surface area contributed by atoms with Crippen molar-refractivity contribution >= 4 is 27.5 Å². The fourth-order valence-electron chi connectivity index (χ4n) is 3.40. The molecular weight excluding hydrogens is 470 g/mol. The van der Waals surface area contributed by atoms with Gasteiger partial charge in [0.25, 0.3) is 11.6 Å². The summed E-state index contributed by atoms with van der Waals surface area (Å²) in [4.78, 5) is 18.0. The molecule has 1 aliphatic rings. The zero-order valence-electron chi connectivity index (χ0n) is 16.3. The van der Waals surface area contributed by atoms with Gasteiger partial charge in [-0.15, -0.1) is 5.10 Å². The molecule has 32 heavy (non-hydrogen) atoms. The number of carbonyl (C=O) groups excluding carboxylic acids is 1. The fraction of sp³-hybridized carbons (Fsp3) is 0.333. The Labute approximate surface area is 186 Å². The highest BCUT2D eigenvalue weighted by Crippen LogP contribution is 2.30. The van der Waals surface area contributed by atoms with Gasteiger partial charge < -0.3 is 10.0 Å². The lowest BCUT2D eigenvalue weighted by Crippen LogP contribution is -2.33. The zero-order chi connectivity index (χ0) is 23.0. The Morgan fingerprint density at radius 1 is 1.22 bits per heavy atom. The van der Waals surface area contributed by atoms with E-state index >= 15 is 0 Å². The second-order valence-corrected chi connectivity index (χ2v) is 9.17. The van der Waals surface area contributed by atoms with Crippen molar-refractivity contribution in [2.75, 3.05) is 6.61 Å². The number of alkyl halides is 2. The fourth-order valence-corrected chi connectivity index (χ4v) is 4.70. The molecule has 10 nitrogen and oxygen atoms in total. The van der Waals surface area contributed by atoms with Gasteiger partial charge in [-0.1, -0.05) is 29.8 Å². The SMILES string of the molecule is O=C([C@H](CO)c1ccccc1Cl)N1Cc2cn(S(=O)(=O)c3ncn(CC(F)F)n3)nc2C1. The van der Waals surface area contributed by atoms with Crippen LogP contribution in [0.25, 0.3) is 0 Å². The van der Waals surface area contributed by atoms with Gasteiger partial charge in [-0.2, -0.15) is 17.6 Å². The number of nitrogens with zero attached hydrogens (tertiary/aromatic N) is 6. The number of aromatic nitrogens is 5. The molecule has 0 fully saturated rings. The predicted molar refractivity (Wildman–Crippen MR) is 106 cm³/mol. The lowest BCUT2D eigenvalue weighted by atomic mass is 9.98. The predicted octanol–water partition coefficient (Wildman–Crippen LogP) is 1.25. The molecule has 0 radical (unpaired) electrons. The van der Waals surface area contributed by atoms with E-state index < -0.39 is 40.7 Å². The van der Waals surface area contributed by atoms with Crippen LogP contribution in [0, 0.1) is 0 Å². The summed E-state index contributed by atoms with van der Waals surface area (Å²) in [5, 5.41) is 17.1. The summed E-state index contributed by atoms with van der Waals surface area (Å²) in [5.41, 5.74) is 1.33. The third-order valence-corrected chi connectivity index (χ3v) is 6.62. The van der Waals surface area contributed by atoms with Crippen LogP contribution in [-0.4, -0.2) is 61.3 Å². The number of amides is 1. The van der Waals surface area contributed by atoms with Gasteiger partial charge in [0.2, 0.25) is 5.91 Å². The molecule has 0 saturated heterocycles. The van der Waals surface area contributed by atoms with Crippen molar-refractivity contribution in [2.24, 2.45) is 0 Å². The average Bonchev–Trinajstić information content (AvgIpc) is 3.44. The summed E-state index contributed by atoms with van der Waals surface area (Å²) in [6.07, 6.45) is -0.576. The van der Waals surface area contributed by atoms with Crippen molar-refractivity contribution in [3.63, 3.8) is 0 Å². The van der Waals surface area contributed by atoms with Crippen molar-refractivity contribution in [3.05, 3.63) is 58.6 Å². The quantitative estimate of drug-likeness (QED) is 0.533. The molecule has 170 valence electrons. The molecule has 0 bridgehead atoms. The number of fused-ring (bicyclic) bond motifs is 1. The van der Waals surface area contributed by atoms with Crippen LogP contribution in [0.15, 0.2) is 41.9 Å². The van der Waals surface area contributed by atoms with Crippen molar-refractivity contribution in [1.29, 1.82) is 0 Å². The molecule has 1 N–H and O–H groups in total. The van der Waals surface area contributed by atoms with Gasteiger partial charge in [0.1, 0.15) is 12.9 Å². The van der Waals surface area contributed by atoms with E-state index in [9.17, 15) is 27.1 Å². The first-order valence-electron chi connectivity index (χ1n) is 9.35. The van der Waals surface area contributed by atoms with Crippen LogP contribution in [0.3, 0.4) is 0 Å². The van der Waals surface area contributed by atoms with Gasteiger partial charge >= 0.3 is 10.0 Å². The summed E-state index contributed by atoms with van der Waals surface area (Å²) < 4.78 is 51.7. The van der Waals surface area contributed by atoms with Gasteiger partial charge in [0, 0.05) is 23.3 Å². The van der Waals surface area contributed by atoms with Crippen molar-refractivity contribution < 1.29 is 27.1 Å². The monoisotopic (exact) mass is 486 g/mol. The maximum absolute atomic E-state index is 13.0. The summed E-state index contributed by atoms with van der Waals surface area (Å²) in [6.45, 7) is -1.12. The Morgan fingerprint density at radius 2 is 1.97 bits per heavy atom. The largest absolute Gasteiger partial charge is 0.395 e. The molecule has 4 rings (SSSR count). The number of hydrogen-bond acceptors (Lipinski definition) is 7. The van der Waals surface area contributed by atoms with E-state index in [0.29, 0.717) is 25.9 Å². The molecule has 1 aliphatic heterocycles. The van der Waals surface area contributed by atoms with E-state index in [1.807, 2.05) is 0 Å². The first kappa shape index (κ1) is 22.3. The van der Waals surface area contributed by atoms with E-state index in [1.165, 1.54) is 11.1 Å². The molecule has 0 spiro atoms. The van der Waals surface area contributed by atoms with Gasteiger partial charge in [0.05, 0.1) is 24.8 Å². The summed E-state index contributed by atoms with van der Waals surface area (Å²) in [7, 11) is -4.28. The third-order valence-electron chi connectivity index (χ3n) is 4.95. The number of rotatable bonds is 7. The van der Waals surface area contributed by atoms with E-state index in [2.05, 4.69) is 15.2 Å². The molecule has 0 saturated carbocycles. The molecule has 1 amide bonds. The number of halogens is 3. The lowest BCUT2D eigenvalue weighted by Gasteiger charge is -2.22. The molecule has 1 atom stereocenters. The Kier molecular flexibility index (Phi) is 5.97. The van der Waals surface area contributed by atoms with Crippen LogP contribution in [0.2, 0.25) is 5.02 Å². The van der Waals surface area contributed by atoms with E-state index in [-0.39, 0.29) is 19.0 Å². The van der Waals surface area contributed by atoms with Gasteiger partial charge in [-0.3, -0.25) is 4.79 Å². The molecule has 0 unspecified atom stereocenters. The average molecular weight is 487 g/mol. The second kappa shape index (κ2) is 8.56. The Balaban J connectivity index is 1.52. The summed E-state index contributed by atoms with van der Waals surface area (Å²) in [5.74, 6) is -1.24. The molecular formula is C18H17ClF2N6O4S. The highest BCUT2D eigenvalue weighted by Gasteiger charge is 2.34. The van der Waals surface area contributed by atoms with Crippen molar-refractivity contribution in [2.45, 2.75) is 37.1 Å². The number of aliphatic hydroxyl groups excluding tert-OH is 1. The maximum Gasteiger partial charge on any atom is 0.320 e. The van der Waals surface area contributed by atoms with Crippen LogP contribution >= 0.6 is 11.6 Å². The first-order chi connectivity index (χ1) is 15.2. The van der Waals surface area contributed by atoms with E-state index in [4.69, 9.17) is 11.6 Å². The van der Waals surface area contributed by atoms with Crippen LogP contribution in [0.5, 0.6) is 0 Å². The highest BCUT2D eigenvalue weighted by atomic mass is 35.5. The van der Waals surface area contributed by atoms with E-state index in [1.54, 1.807) is 24.3 Å².